The van der Waals surface area contributed by atoms with E-state index >= 15 is 0 Å². The first kappa shape index (κ1) is 26.7. The molecule has 0 spiro atoms. The highest BCUT2D eigenvalue weighted by atomic mass is 79.9. The minimum Gasteiger partial charge on any atom is -0.340 e. The lowest BCUT2D eigenvalue weighted by molar-refractivity contribution is -0.137. The highest BCUT2D eigenvalue weighted by Gasteiger charge is 2.31. The Kier molecular flexibility index (Phi) is 6.83. The number of benzene rings is 4. The van der Waals surface area contributed by atoms with Crippen LogP contribution in [0, 0.1) is 6.92 Å². The summed E-state index contributed by atoms with van der Waals surface area (Å²) in [6.45, 7) is 2.61. The van der Waals surface area contributed by atoms with Crippen LogP contribution in [-0.2, 0) is 12.7 Å². The number of rotatable bonds is 5. The van der Waals surface area contributed by atoms with E-state index in [4.69, 9.17) is 0 Å². The van der Waals surface area contributed by atoms with E-state index in [-0.39, 0.29) is 11.4 Å². The SMILES string of the molecule is Cc1c(C=Nn2c(-c3cccc(C(F)(F)F)c3)nc3ccccc3c2=O)c2ccccc2n1Cc1ccc(Br)cc1. The molecule has 4 aromatic carbocycles. The van der Waals surface area contributed by atoms with Crippen molar-refractivity contribution < 1.29 is 13.2 Å². The molecule has 6 aromatic rings. The predicted molar refractivity (Wildman–Crippen MR) is 159 cm³/mol. The lowest BCUT2D eigenvalue weighted by atomic mass is 10.1. The van der Waals surface area contributed by atoms with Gasteiger partial charge in [0.15, 0.2) is 5.82 Å². The van der Waals surface area contributed by atoms with Crippen LogP contribution in [0.4, 0.5) is 13.2 Å². The molecule has 0 saturated carbocycles. The van der Waals surface area contributed by atoms with Crippen LogP contribution in [0.3, 0.4) is 0 Å². The Bertz CT molecular complexity index is 2010. The smallest absolute Gasteiger partial charge is 0.340 e. The molecule has 0 aliphatic carbocycles. The molecule has 0 N–H and O–H groups in total. The summed E-state index contributed by atoms with van der Waals surface area (Å²) >= 11 is 3.48. The summed E-state index contributed by atoms with van der Waals surface area (Å²) < 4.78 is 44.9. The van der Waals surface area contributed by atoms with Crippen LogP contribution in [0.5, 0.6) is 0 Å². The zero-order valence-electron chi connectivity index (χ0n) is 21.7. The minimum absolute atomic E-state index is 0.0207. The molecule has 0 aliphatic rings. The Morgan fingerprint density at radius 1 is 0.902 bits per heavy atom. The number of fused-ring (bicyclic) bond motifs is 2. The normalized spacial score (nSPS) is 12.1. The fraction of sp³-hybridized carbons (Fsp3) is 0.0938. The molecule has 41 heavy (non-hydrogen) atoms. The van der Waals surface area contributed by atoms with E-state index in [0.717, 1.165) is 49.0 Å². The summed E-state index contributed by atoms with van der Waals surface area (Å²) in [5.74, 6) is 0.0207. The molecule has 6 rings (SSSR count). The molecule has 9 heteroatoms. The lowest BCUT2D eigenvalue weighted by Crippen LogP contribution is -2.20. The molecule has 0 saturated heterocycles. The van der Waals surface area contributed by atoms with Gasteiger partial charge in [-0.2, -0.15) is 22.9 Å². The molecule has 0 fully saturated rings. The van der Waals surface area contributed by atoms with Gasteiger partial charge in [-0.1, -0.05) is 70.5 Å². The van der Waals surface area contributed by atoms with Crippen molar-refractivity contribution in [3.63, 3.8) is 0 Å². The Morgan fingerprint density at radius 3 is 2.37 bits per heavy atom. The van der Waals surface area contributed by atoms with Crippen molar-refractivity contribution >= 4 is 44.0 Å². The van der Waals surface area contributed by atoms with Crippen molar-refractivity contribution in [3.8, 4) is 11.4 Å². The monoisotopic (exact) mass is 614 g/mol. The average molecular weight is 615 g/mol. The molecule has 0 atom stereocenters. The Morgan fingerprint density at radius 2 is 1.61 bits per heavy atom. The van der Waals surface area contributed by atoms with Gasteiger partial charge in [-0.25, -0.2) is 4.98 Å². The lowest BCUT2D eigenvalue weighted by Gasteiger charge is -2.12. The van der Waals surface area contributed by atoms with E-state index in [1.165, 1.54) is 12.1 Å². The highest BCUT2D eigenvalue weighted by Crippen LogP contribution is 2.32. The van der Waals surface area contributed by atoms with E-state index in [1.807, 2.05) is 55.5 Å². The first-order chi connectivity index (χ1) is 19.7. The van der Waals surface area contributed by atoms with Gasteiger partial charge in [0.1, 0.15) is 0 Å². The highest BCUT2D eigenvalue weighted by molar-refractivity contribution is 9.10. The van der Waals surface area contributed by atoms with Crippen LogP contribution < -0.4 is 5.56 Å². The molecule has 0 amide bonds. The molecule has 204 valence electrons. The third kappa shape index (κ3) is 5.09. The summed E-state index contributed by atoms with van der Waals surface area (Å²) in [6, 6.07) is 27.5. The summed E-state index contributed by atoms with van der Waals surface area (Å²) in [4.78, 5) is 18.2. The number of para-hydroxylation sites is 2. The van der Waals surface area contributed by atoms with Crippen LogP contribution in [0.1, 0.15) is 22.4 Å². The second-order valence-electron chi connectivity index (χ2n) is 9.62. The van der Waals surface area contributed by atoms with E-state index < -0.39 is 17.3 Å². The van der Waals surface area contributed by atoms with Crippen molar-refractivity contribution in [2.45, 2.75) is 19.6 Å². The Balaban J connectivity index is 1.52. The predicted octanol–water partition coefficient (Wildman–Crippen LogP) is 8.04. The van der Waals surface area contributed by atoms with Gasteiger partial charge in [-0.3, -0.25) is 4.79 Å². The maximum atomic E-state index is 13.6. The first-order valence-corrected chi connectivity index (χ1v) is 13.6. The molecule has 0 unspecified atom stereocenters. The van der Waals surface area contributed by atoms with Gasteiger partial charge < -0.3 is 4.57 Å². The largest absolute Gasteiger partial charge is 0.416 e. The fourth-order valence-corrected chi connectivity index (χ4v) is 5.23. The topological polar surface area (TPSA) is 52.2 Å². The van der Waals surface area contributed by atoms with Crippen LogP contribution >= 0.6 is 15.9 Å². The van der Waals surface area contributed by atoms with Crippen molar-refractivity contribution in [2.24, 2.45) is 5.10 Å². The van der Waals surface area contributed by atoms with E-state index in [1.54, 1.807) is 30.5 Å². The molecule has 0 bridgehead atoms. The van der Waals surface area contributed by atoms with Crippen molar-refractivity contribution in [1.82, 2.24) is 14.2 Å². The number of alkyl halides is 3. The Labute approximate surface area is 241 Å². The van der Waals surface area contributed by atoms with Crippen molar-refractivity contribution in [1.29, 1.82) is 0 Å². The van der Waals surface area contributed by atoms with Crippen molar-refractivity contribution in [2.75, 3.05) is 0 Å². The van der Waals surface area contributed by atoms with Gasteiger partial charge in [0, 0.05) is 38.7 Å². The summed E-state index contributed by atoms with van der Waals surface area (Å²) in [6.07, 6.45) is -2.96. The number of hydrogen-bond donors (Lipinski definition) is 0. The second-order valence-corrected chi connectivity index (χ2v) is 10.5. The third-order valence-corrected chi connectivity index (χ3v) is 7.57. The van der Waals surface area contributed by atoms with Gasteiger partial charge in [-0.05, 0) is 55.0 Å². The zero-order chi connectivity index (χ0) is 28.7. The maximum absolute atomic E-state index is 13.6. The quantitative estimate of drug-likeness (QED) is 0.185. The third-order valence-electron chi connectivity index (χ3n) is 7.04. The van der Waals surface area contributed by atoms with Crippen LogP contribution in [0.15, 0.2) is 111 Å². The second kappa shape index (κ2) is 10.5. The van der Waals surface area contributed by atoms with Gasteiger partial charge in [0.05, 0.1) is 22.7 Å². The number of halogens is 4. The summed E-state index contributed by atoms with van der Waals surface area (Å²) in [5, 5.41) is 5.81. The zero-order valence-corrected chi connectivity index (χ0v) is 23.3. The molecular weight excluding hydrogens is 593 g/mol. The van der Waals surface area contributed by atoms with Gasteiger partial charge in [0.2, 0.25) is 0 Å². The van der Waals surface area contributed by atoms with E-state index in [2.05, 4.69) is 30.6 Å². The maximum Gasteiger partial charge on any atom is 0.416 e. The molecule has 5 nitrogen and oxygen atoms in total. The fourth-order valence-electron chi connectivity index (χ4n) is 4.96. The number of hydrogen-bond acceptors (Lipinski definition) is 3. The number of aromatic nitrogens is 3. The molecule has 0 radical (unpaired) electrons. The van der Waals surface area contributed by atoms with Gasteiger partial charge >= 0.3 is 6.18 Å². The first-order valence-electron chi connectivity index (χ1n) is 12.8. The van der Waals surface area contributed by atoms with Crippen LogP contribution in [0.2, 0.25) is 0 Å². The van der Waals surface area contributed by atoms with Crippen LogP contribution in [-0.4, -0.2) is 20.4 Å². The summed E-state index contributed by atoms with van der Waals surface area (Å²) in [7, 11) is 0. The van der Waals surface area contributed by atoms with Gasteiger partial charge in [-0.15, -0.1) is 0 Å². The standard InChI is InChI=1S/C32H22BrF3N4O/c1-20-27(25-9-3-5-12-29(25)39(20)19-21-13-15-24(33)16-14-21)18-37-40-30(22-7-6-8-23(17-22)32(34,35)36)38-28-11-4-2-10-26(28)31(40)41/h2-18H,19H2,1H3. The molecular formula is C32H22BrF3N4O. The van der Waals surface area contributed by atoms with E-state index in [0.29, 0.717) is 17.4 Å². The Hall–Kier alpha value is -4.50. The van der Waals surface area contributed by atoms with Gasteiger partial charge in [0.25, 0.3) is 5.56 Å². The molecule has 2 aromatic heterocycles. The minimum atomic E-state index is -4.55. The molecule has 2 heterocycles. The number of nitrogens with zero attached hydrogens (tertiary/aromatic N) is 4. The van der Waals surface area contributed by atoms with E-state index in [9.17, 15) is 18.0 Å². The average Bonchev–Trinajstić information content (AvgIpc) is 3.23. The molecule has 0 aliphatic heterocycles. The van der Waals surface area contributed by atoms with Crippen LogP contribution in [0.25, 0.3) is 33.2 Å². The van der Waals surface area contributed by atoms with Crippen molar-refractivity contribution in [3.05, 3.63) is 134 Å². The summed E-state index contributed by atoms with van der Waals surface area (Å²) in [5.41, 5.74) is 3.04.